The molecule has 0 spiro atoms. The molecule has 1 aliphatic heterocycles. The zero-order chi connectivity index (χ0) is 25.7. The number of imide groups is 1. The predicted molar refractivity (Wildman–Crippen MR) is 138 cm³/mol. The number of anilines is 2. The molecule has 3 aromatic carbocycles. The first-order valence-electron chi connectivity index (χ1n) is 11.5. The fourth-order valence-corrected chi connectivity index (χ4v) is 4.17. The molecule has 0 bridgehead atoms. The van der Waals surface area contributed by atoms with Gasteiger partial charge in [0.15, 0.2) is 0 Å². The molecule has 0 aliphatic carbocycles. The van der Waals surface area contributed by atoms with E-state index in [-0.39, 0.29) is 13.0 Å². The van der Waals surface area contributed by atoms with E-state index in [1.54, 1.807) is 67.8 Å². The second kappa shape index (κ2) is 11.1. The van der Waals surface area contributed by atoms with Crippen molar-refractivity contribution in [2.45, 2.75) is 25.9 Å². The Morgan fingerprint density at radius 3 is 2.33 bits per heavy atom. The molecule has 36 heavy (non-hydrogen) atoms. The molecule has 1 N–H and O–H groups in total. The van der Waals surface area contributed by atoms with Gasteiger partial charge in [0.2, 0.25) is 5.91 Å². The number of amides is 4. The number of ether oxygens (including phenoxy) is 2. The van der Waals surface area contributed by atoms with E-state index in [2.05, 4.69) is 5.32 Å². The molecule has 0 radical (unpaired) electrons. The molecule has 9 heteroatoms. The topological polar surface area (TPSA) is 88.2 Å². The van der Waals surface area contributed by atoms with Crippen LogP contribution in [0.3, 0.4) is 0 Å². The highest BCUT2D eigenvalue weighted by molar-refractivity contribution is 6.31. The number of benzene rings is 3. The van der Waals surface area contributed by atoms with Crippen LogP contribution in [0.15, 0.2) is 72.8 Å². The largest absolute Gasteiger partial charge is 0.497 e. The van der Waals surface area contributed by atoms with Crippen LogP contribution in [0.2, 0.25) is 5.02 Å². The Morgan fingerprint density at radius 1 is 1.00 bits per heavy atom. The van der Waals surface area contributed by atoms with Gasteiger partial charge in [0.25, 0.3) is 5.91 Å². The van der Waals surface area contributed by atoms with Crippen LogP contribution in [0.4, 0.5) is 16.2 Å². The molecule has 3 aromatic rings. The van der Waals surface area contributed by atoms with Gasteiger partial charge in [-0.25, -0.2) is 9.69 Å². The number of carbonyl (C=O) groups excluding carboxylic acids is 3. The molecular formula is C27H26ClN3O5. The lowest BCUT2D eigenvalue weighted by atomic mass is 10.1. The highest BCUT2D eigenvalue weighted by Gasteiger charge is 2.46. The van der Waals surface area contributed by atoms with E-state index in [0.29, 0.717) is 34.5 Å². The number of hydrogen-bond donors (Lipinski definition) is 1. The minimum atomic E-state index is -0.985. The van der Waals surface area contributed by atoms with Crippen LogP contribution in [0.1, 0.15) is 18.9 Å². The molecule has 1 aliphatic rings. The Bertz CT molecular complexity index is 1250. The first-order chi connectivity index (χ1) is 17.4. The molecular weight excluding hydrogens is 482 g/mol. The Morgan fingerprint density at radius 2 is 1.69 bits per heavy atom. The van der Waals surface area contributed by atoms with Gasteiger partial charge in [-0.3, -0.25) is 9.59 Å². The van der Waals surface area contributed by atoms with Gasteiger partial charge in [0.05, 0.1) is 25.8 Å². The number of hydrogen-bond acceptors (Lipinski definition) is 5. The number of nitrogens with one attached hydrogen (secondary N) is 1. The maximum absolute atomic E-state index is 13.4. The third-order valence-electron chi connectivity index (χ3n) is 5.72. The van der Waals surface area contributed by atoms with Crippen molar-refractivity contribution in [2.75, 3.05) is 23.9 Å². The van der Waals surface area contributed by atoms with Crippen LogP contribution in [0.25, 0.3) is 0 Å². The number of methoxy groups -OCH3 is 1. The summed E-state index contributed by atoms with van der Waals surface area (Å²) in [6, 6.07) is 19.1. The SMILES string of the molecule is CCOc1ccc(NC(=O)C[C@@H]2C(=O)N(c3cccc(Cl)c3)C(=O)N2Cc2ccc(OC)cc2)cc1. The molecule has 8 nitrogen and oxygen atoms in total. The van der Waals surface area contributed by atoms with Crippen LogP contribution in [-0.4, -0.2) is 42.5 Å². The molecule has 1 fully saturated rings. The molecule has 0 aromatic heterocycles. The average molecular weight is 508 g/mol. The standard InChI is InChI=1S/C27H26ClN3O5/c1-3-36-23-13-9-20(10-14-23)29-25(32)16-24-26(33)31(21-6-4-5-19(28)15-21)27(34)30(24)17-18-7-11-22(35-2)12-8-18/h4-15,24H,3,16-17H2,1-2H3,(H,29,32)/t24-/m1/s1. The maximum Gasteiger partial charge on any atom is 0.332 e. The summed E-state index contributed by atoms with van der Waals surface area (Å²) in [6.45, 7) is 2.57. The van der Waals surface area contributed by atoms with Crippen molar-refractivity contribution < 1.29 is 23.9 Å². The predicted octanol–water partition coefficient (Wildman–Crippen LogP) is 5.11. The third-order valence-corrected chi connectivity index (χ3v) is 5.96. The van der Waals surface area contributed by atoms with E-state index in [9.17, 15) is 14.4 Å². The summed E-state index contributed by atoms with van der Waals surface area (Å²) in [4.78, 5) is 42.3. The number of rotatable bonds is 9. The van der Waals surface area contributed by atoms with Crippen LogP contribution in [0, 0.1) is 0 Å². The summed E-state index contributed by atoms with van der Waals surface area (Å²) < 4.78 is 10.6. The number of nitrogens with zero attached hydrogens (tertiary/aromatic N) is 2. The van der Waals surface area contributed by atoms with E-state index in [1.165, 1.54) is 4.90 Å². The fourth-order valence-electron chi connectivity index (χ4n) is 3.98. The average Bonchev–Trinajstić information content (AvgIpc) is 3.09. The fraction of sp³-hybridized carbons (Fsp3) is 0.222. The Kier molecular flexibility index (Phi) is 7.75. The first kappa shape index (κ1) is 25.1. The van der Waals surface area contributed by atoms with E-state index in [1.807, 2.05) is 19.1 Å². The van der Waals surface area contributed by atoms with E-state index < -0.39 is 23.9 Å². The molecule has 4 rings (SSSR count). The summed E-state index contributed by atoms with van der Waals surface area (Å²) in [5.41, 5.74) is 1.71. The Balaban J connectivity index is 1.56. The molecule has 1 saturated heterocycles. The molecule has 0 unspecified atom stereocenters. The second-order valence-corrected chi connectivity index (χ2v) is 8.57. The van der Waals surface area contributed by atoms with Gasteiger partial charge in [0.1, 0.15) is 17.5 Å². The number of urea groups is 1. The zero-order valence-corrected chi connectivity index (χ0v) is 20.7. The van der Waals surface area contributed by atoms with E-state index in [4.69, 9.17) is 21.1 Å². The molecule has 186 valence electrons. The summed E-state index contributed by atoms with van der Waals surface area (Å²) in [5.74, 6) is 0.486. The van der Waals surface area contributed by atoms with Crippen molar-refractivity contribution in [3.63, 3.8) is 0 Å². The van der Waals surface area contributed by atoms with Crippen LogP contribution in [0.5, 0.6) is 11.5 Å². The first-order valence-corrected chi connectivity index (χ1v) is 11.8. The van der Waals surface area contributed by atoms with Gasteiger partial charge in [-0.05, 0) is 67.1 Å². The van der Waals surface area contributed by atoms with Gasteiger partial charge in [0, 0.05) is 17.3 Å². The summed E-state index contributed by atoms with van der Waals surface area (Å²) >= 11 is 6.11. The summed E-state index contributed by atoms with van der Waals surface area (Å²) in [5, 5.41) is 3.19. The van der Waals surface area contributed by atoms with Gasteiger partial charge in [-0.1, -0.05) is 29.8 Å². The number of halogens is 1. The Labute approximate surface area is 214 Å². The van der Waals surface area contributed by atoms with Crippen LogP contribution < -0.4 is 19.7 Å². The lowest BCUT2D eigenvalue weighted by Crippen LogP contribution is -2.37. The van der Waals surface area contributed by atoms with Gasteiger partial charge in [-0.15, -0.1) is 0 Å². The molecule has 1 atom stereocenters. The highest BCUT2D eigenvalue weighted by Crippen LogP contribution is 2.30. The quantitative estimate of drug-likeness (QED) is 0.406. The van der Waals surface area contributed by atoms with Crippen LogP contribution >= 0.6 is 11.6 Å². The lowest BCUT2D eigenvalue weighted by molar-refractivity contribution is -0.124. The van der Waals surface area contributed by atoms with Gasteiger partial charge >= 0.3 is 6.03 Å². The van der Waals surface area contributed by atoms with Crippen molar-refractivity contribution in [1.82, 2.24) is 4.90 Å². The van der Waals surface area contributed by atoms with Gasteiger partial charge < -0.3 is 19.7 Å². The van der Waals surface area contributed by atoms with Crippen molar-refractivity contribution in [2.24, 2.45) is 0 Å². The Hall–Kier alpha value is -4.04. The van der Waals surface area contributed by atoms with E-state index in [0.717, 1.165) is 10.5 Å². The number of carbonyl (C=O) groups is 3. The monoisotopic (exact) mass is 507 g/mol. The summed E-state index contributed by atoms with van der Waals surface area (Å²) in [6.07, 6.45) is -0.203. The summed E-state index contributed by atoms with van der Waals surface area (Å²) in [7, 11) is 1.57. The normalized spacial score (nSPS) is 15.2. The van der Waals surface area contributed by atoms with Crippen molar-refractivity contribution >= 4 is 40.8 Å². The smallest absolute Gasteiger partial charge is 0.332 e. The molecule has 1 heterocycles. The molecule has 0 saturated carbocycles. The zero-order valence-electron chi connectivity index (χ0n) is 19.9. The van der Waals surface area contributed by atoms with Crippen LogP contribution in [-0.2, 0) is 16.1 Å². The van der Waals surface area contributed by atoms with Crippen molar-refractivity contribution in [3.05, 3.63) is 83.4 Å². The van der Waals surface area contributed by atoms with Crippen molar-refractivity contribution in [3.8, 4) is 11.5 Å². The second-order valence-electron chi connectivity index (χ2n) is 8.14. The third kappa shape index (κ3) is 5.60. The van der Waals surface area contributed by atoms with E-state index >= 15 is 0 Å². The van der Waals surface area contributed by atoms with Gasteiger partial charge in [-0.2, -0.15) is 0 Å². The minimum Gasteiger partial charge on any atom is -0.497 e. The molecule has 4 amide bonds. The lowest BCUT2D eigenvalue weighted by Gasteiger charge is -2.22. The van der Waals surface area contributed by atoms with Crippen molar-refractivity contribution in [1.29, 1.82) is 0 Å². The highest BCUT2D eigenvalue weighted by atomic mass is 35.5. The minimum absolute atomic E-state index is 0.145. The maximum atomic E-state index is 13.4.